The Balaban J connectivity index is 2.07. The Hall–Kier alpha value is -0.530. The van der Waals surface area contributed by atoms with E-state index in [-0.39, 0.29) is 5.54 Å². The molecular formula is C14H25NO. The first-order valence-corrected chi connectivity index (χ1v) is 6.87. The third-order valence-electron chi connectivity index (χ3n) is 5.05. The van der Waals surface area contributed by atoms with Crippen LogP contribution in [0.5, 0.6) is 0 Å². The third-order valence-corrected chi connectivity index (χ3v) is 5.05. The van der Waals surface area contributed by atoms with Gasteiger partial charge in [-0.1, -0.05) is 20.3 Å². The molecule has 2 atom stereocenters. The molecule has 2 aliphatic rings. The molecule has 1 saturated heterocycles. The molecular weight excluding hydrogens is 198 g/mol. The predicted molar refractivity (Wildman–Crippen MR) is 66.1 cm³/mol. The molecule has 1 heterocycles. The van der Waals surface area contributed by atoms with Crippen LogP contribution in [-0.4, -0.2) is 22.9 Å². The highest BCUT2D eigenvalue weighted by Gasteiger charge is 2.48. The van der Waals surface area contributed by atoms with Crippen LogP contribution in [0.3, 0.4) is 0 Å². The average Bonchev–Trinajstić information content (AvgIpc) is 2.24. The van der Waals surface area contributed by atoms with Crippen LogP contribution in [0.15, 0.2) is 0 Å². The minimum absolute atomic E-state index is 0.276. The molecule has 0 radical (unpaired) electrons. The van der Waals surface area contributed by atoms with Crippen LogP contribution in [0.25, 0.3) is 0 Å². The van der Waals surface area contributed by atoms with Crippen molar-refractivity contribution in [3.05, 3.63) is 0 Å². The van der Waals surface area contributed by atoms with Crippen molar-refractivity contribution in [3.8, 4) is 0 Å². The smallest absolute Gasteiger partial charge is 0.219 e. The zero-order chi connectivity index (χ0) is 11.8. The highest BCUT2D eigenvalue weighted by molar-refractivity contribution is 5.74. The molecule has 0 aromatic heterocycles. The van der Waals surface area contributed by atoms with Crippen molar-refractivity contribution in [1.82, 2.24) is 4.90 Å². The first-order valence-electron chi connectivity index (χ1n) is 6.87. The molecule has 2 rings (SSSR count). The van der Waals surface area contributed by atoms with Gasteiger partial charge in [0.25, 0.3) is 0 Å². The van der Waals surface area contributed by atoms with Gasteiger partial charge < -0.3 is 4.90 Å². The van der Waals surface area contributed by atoms with Gasteiger partial charge in [0.1, 0.15) is 0 Å². The summed E-state index contributed by atoms with van der Waals surface area (Å²) < 4.78 is 0. The Kier molecular flexibility index (Phi) is 3.27. The maximum atomic E-state index is 11.7. The van der Waals surface area contributed by atoms with Crippen LogP contribution in [0, 0.1) is 11.8 Å². The monoisotopic (exact) mass is 223 g/mol. The van der Waals surface area contributed by atoms with Gasteiger partial charge in [-0.3, -0.25) is 4.79 Å². The van der Waals surface area contributed by atoms with Gasteiger partial charge in [-0.05, 0) is 43.9 Å². The van der Waals surface area contributed by atoms with Crippen LogP contribution < -0.4 is 0 Å². The second kappa shape index (κ2) is 4.38. The molecule has 1 spiro atoms. The summed E-state index contributed by atoms with van der Waals surface area (Å²) in [6.07, 6.45) is 7.58. The summed E-state index contributed by atoms with van der Waals surface area (Å²) in [5, 5.41) is 0. The first kappa shape index (κ1) is 11.9. The van der Waals surface area contributed by atoms with Gasteiger partial charge in [0.05, 0.1) is 0 Å². The van der Waals surface area contributed by atoms with Crippen molar-refractivity contribution in [2.24, 2.45) is 11.8 Å². The molecule has 1 aliphatic carbocycles. The Morgan fingerprint density at radius 2 is 2.19 bits per heavy atom. The molecule has 0 aromatic rings. The Morgan fingerprint density at radius 1 is 1.50 bits per heavy atom. The van der Waals surface area contributed by atoms with Crippen LogP contribution in [0.4, 0.5) is 0 Å². The number of hydrogen-bond acceptors (Lipinski definition) is 1. The minimum Gasteiger partial charge on any atom is -0.337 e. The standard InChI is InChI=1S/C14H25NO/c1-4-11(2)13-6-9-15(12(3)16)14(10-13)7-5-8-14/h11,13H,4-10H2,1-3H3/t11?,13-/m0/s1. The number of amides is 1. The van der Waals surface area contributed by atoms with Crippen molar-refractivity contribution in [2.75, 3.05) is 6.54 Å². The fraction of sp³-hybridized carbons (Fsp3) is 0.929. The molecule has 1 saturated carbocycles. The van der Waals surface area contributed by atoms with E-state index in [1.807, 2.05) is 0 Å². The minimum atomic E-state index is 0.276. The fourth-order valence-electron chi connectivity index (χ4n) is 3.60. The quantitative estimate of drug-likeness (QED) is 0.704. The van der Waals surface area contributed by atoms with E-state index in [2.05, 4.69) is 18.7 Å². The zero-order valence-electron chi connectivity index (χ0n) is 11.0. The maximum Gasteiger partial charge on any atom is 0.219 e. The second-order valence-corrected chi connectivity index (χ2v) is 5.89. The van der Waals surface area contributed by atoms with E-state index in [0.717, 1.165) is 18.4 Å². The highest BCUT2D eigenvalue weighted by Crippen LogP contribution is 2.48. The average molecular weight is 223 g/mol. The van der Waals surface area contributed by atoms with Crippen molar-refractivity contribution < 1.29 is 4.79 Å². The normalized spacial score (nSPS) is 29.9. The summed E-state index contributed by atoms with van der Waals surface area (Å²) >= 11 is 0. The van der Waals surface area contributed by atoms with Crippen molar-refractivity contribution in [3.63, 3.8) is 0 Å². The molecule has 2 nitrogen and oxygen atoms in total. The van der Waals surface area contributed by atoms with E-state index in [1.54, 1.807) is 6.92 Å². The Labute approximate surface area is 99.4 Å². The lowest BCUT2D eigenvalue weighted by atomic mass is 9.64. The zero-order valence-corrected chi connectivity index (χ0v) is 11.0. The molecule has 2 fully saturated rings. The topological polar surface area (TPSA) is 20.3 Å². The molecule has 1 aliphatic heterocycles. The molecule has 0 N–H and O–H groups in total. The Bertz CT molecular complexity index is 270. The van der Waals surface area contributed by atoms with E-state index >= 15 is 0 Å². The van der Waals surface area contributed by atoms with Gasteiger partial charge in [-0.15, -0.1) is 0 Å². The van der Waals surface area contributed by atoms with E-state index in [9.17, 15) is 4.79 Å². The van der Waals surface area contributed by atoms with Crippen molar-refractivity contribution in [1.29, 1.82) is 0 Å². The molecule has 2 heteroatoms. The molecule has 0 aromatic carbocycles. The summed E-state index contributed by atoms with van der Waals surface area (Å²) in [5.41, 5.74) is 0.276. The van der Waals surface area contributed by atoms with Crippen LogP contribution in [0.1, 0.15) is 59.3 Å². The SMILES string of the molecule is CCC(C)[C@H]1CCN(C(C)=O)C2(CCC2)C1. The summed E-state index contributed by atoms with van der Waals surface area (Å²) in [7, 11) is 0. The number of hydrogen-bond donors (Lipinski definition) is 0. The second-order valence-electron chi connectivity index (χ2n) is 5.89. The molecule has 1 unspecified atom stereocenters. The van der Waals surface area contributed by atoms with E-state index in [1.165, 1.54) is 38.5 Å². The lowest BCUT2D eigenvalue weighted by Gasteiger charge is -2.56. The van der Waals surface area contributed by atoms with Gasteiger partial charge >= 0.3 is 0 Å². The van der Waals surface area contributed by atoms with Crippen LogP contribution in [0.2, 0.25) is 0 Å². The molecule has 0 bridgehead atoms. The molecule has 92 valence electrons. The van der Waals surface area contributed by atoms with Gasteiger partial charge in [0.2, 0.25) is 5.91 Å². The largest absolute Gasteiger partial charge is 0.337 e. The van der Waals surface area contributed by atoms with Gasteiger partial charge in [-0.25, -0.2) is 0 Å². The van der Waals surface area contributed by atoms with E-state index < -0.39 is 0 Å². The number of piperidine rings is 1. The van der Waals surface area contributed by atoms with Crippen LogP contribution >= 0.6 is 0 Å². The fourth-order valence-corrected chi connectivity index (χ4v) is 3.60. The molecule has 1 amide bonds. The summed E-state index contributed by atoms with van der Waals surface area (Å²) in [4.78, 5) is 13.9. The number of carbonyl (C=O) groups is 1. The van der Waals surface area contributed by atoms with Gasteiger partial charge in [0, 0.05) is 19.0 Å². The number of carbonyl (C=O) groups excluding carboxylic acids is 1. The molecule has 16 heavy (non-hydrogen) atoms. The van der Waals surface area contributed by atoms with Gasteiger partial charge in [0.15, 0.2) is 0 Å². The number of likely N-dealkylation sites (tertiary alicyclic amines) is 1. The van der Waals surface area contributed by atoms with Gasteiger partial charge in [-0.2, -0.15) is 0 Å². The van der Waals surface area contributed by atoms with E-state index in [4.69, 9.17) is 0 Å². The highest BCUT2D eigenvalue weighted by atomic mass is 16.2. The van der Waals surface area contributed by atoms with Crippen molar-refractivity contribution >= 4 is 5.91 Å². The summed E-state index contributed by atoms with van der Waals surface area (Å²) in [6, 6.07) is 0. The summed E-state index contributed by atoms with van der Waals surface area (Å²) in [5.74, 6) is 1.97. The lowest BCUT2D eigenvalue weighted by Crippen LogP contribution is -2.60. The lowest BCUT2D eigenvalue weighted by molar-refractivity contribution is -0.145. The Morgan fingerprint density at radius 3 is 2.62 bits per heavy atom. The number of rotatable bonds is 2. The maximum absolute atomic E-state index is 11.7. The summed E-state index contributed by atoms with van der Waals surface area (Å²) in [6.45, 7) is 7.41. The first-order chi connectivity index (χ1) is 7.59. The van der Waals surface area contributed by atoms with E-state index in [0.29, 0.717) is 5.91 Å². The third kappa shape index (κ3) is 1.87. The predicted octanol–water partition coefficient (Wildman–Crippen LogP) is 3.21. The number of nitrogens with zero attached hydrogens (tertiary/aromatic N) is 1. The van der Waals surface area contributed by atoms with Crippen LogP contribution in [-0.2, 0) is 4.79 Å². The van der Waals surface area contributed by atoms with Crippen molar-refractivity contribution in [2.45, 2.75) is 64.8 Å².